The van der Waals surface area contributed by atoms with Crippen LogP contribution in [0.3, 0.4) is 0 Å². The summed E-state index contributed by atoms with van der Waals surface area (Å²) in [5, 5.41) is 3.06. The molecule has 2 rings (SSSR count). The Balaban J connectivity index is 2.09. The van der Waals surface area contributed by atoms with E-state index in [0.29, 0.717) is 5.92 Å². The van der Waals surface area contributed by atoms with Gasteiger partial charge in [0.05, 0.1) is 18.3 Å². The summed E-state index contributed by atoms with van der Waals surface area (Å²) < 4.78 is 5.58. The van der Waals surface area contributed by atoms with Crippen molar-refractivity contribution in [3.8, 4) is 5.75 Å². The Morgan fingerprint density at radius 1 is 1.25 bits per heavy atom. The van der Waals surface area contributed by atoms with Crippen LogP contribution in [0.1, 0.15) is 55.4 Å². The summed E-state index contributed by atoms with van der Waals surface area (Å²) in [5.74, 6) is 1.34. The van der Waals surface area contributed by atoms with E-state index in [1.54, 1.807) is 11.3 Å². The van der Waals surface area contributed by atoms with Crippen molar-refractivity contribution in [3.63, 3.8) is 0 Å². The van der Waals surface area contributed by atoms with Crippen LogP contribution in [0.5, 0.6) is 5.75 Å². The van der Waals surface area contributed by atoms with E-state index in [0.717, 1.165) is 35.0 Å². The summed E-state index contributed by atoms with van der Waals surface area (Å²) in [6, 6.07) is 7.83. The van der Waals surface area contributed by atoms with E-state index in [1.165, 1.54) is 0 Å². The maximum atomic E-state index is 6.29. The standard InChI is InChI=1S/C16H22N2OS/c1-4-9-19-13-7-5-12(6-8-13)15(17)16-18-14(10-20-16)11(2)3/h5-8,10-11,15H,4,9,17H2,1-3H3. The molecule has 0 aliphatic heterocycles. The van der Waals surface area contributed by atoms with Crippen LogP contribution in [-0.4, -0.2) is 11.6 Å². The highest BCUT2D eigenvalue weighted by atomic mass is 32.1. The maximum Gasteiger partial charge on any atom is 0.119 e. The van der Waals surface area contributed by atoms with Crippen LogP contribution in [0.15, 0.2) is 29.6 Å². The van der Waals surface area contributed by atoms with Crippen LogP contribution in [0.25, 0.3) is 0 Å². The van der Waals surface area contributed by atoms with Gasteiger partial charge in [-0.25, -0.2) is 4.98 Å². The number of nitrogens with two attached hydrogens (primary N) is 1. The van der Waals surface area contributed by atoms with Crippen LogP contribution in [0.2, 0.25) is 0 Å². The molecule has 0 amide bonds. The fourth-order valence-electron chi connectivity index (χ4n) is 1.84. The molecule has 0 radical (unpaired) electrons. The monoisotopic (exact) mass is 290 g/mol. The SMILES string of the molecule is CCCOc1ccc(C(N)c2nc(C(C)C)cs2)cc1. The lowest BCUT2D eigenvalue weighted by Crippen LogP contribution is -2.11. The van der Waals surface area contributed by atoms with Gasteiger partial charge in [-0.05, 0) is 30.0 Å². The van der Waals surface area contributed by atoms with Gasteiger partial charge in [0.2, 0.25) is 0 Å². The number of ether oxygens (including phenoxy) is 1. The second-order valence-corrected chi connectivity index (χ2v) is 6.05. The molecule has 20 heavy (non-hydrogen) atoms. The van der Waals surface area contributed by atoms with E-state index >= 15 is 0 Å². The van der Waals surface area contributed by atoms with Crippen molar-refractivity contribution < 1.29 is 4.74 Å². The second kappa shape index (κ2) is 6.86. The summed E-state index contributed by atoms with van der Waals surface area (Å²) in [6.45, 7) is 7.13. The highest BCUT2D eigenvalue weighted by Crippen LogP contribution is 2.26. The van der Waals surface area contributed by atoms with Crippen LogP contribution >= 0.6 is 11.3 Å². The van der Waals surface area contributed by atoms with Crippen LogP contribution in [-0.2, 0) is 0 Å². The largest absolute Gasteiger partial charge is 0.494 e. The van der Waals surface area contributed by atoms with Gasteiger partial charge in [0.25, 0.3) is 0 Å². The molecule has 1 atom stereocenters. The van der Waals surface area contributed by atoms with Gasteiger partial charge in [-0.15, -0.1) is 11.3 Å². The highest BCUT2D eigenvalue weighted by Gasteiger charge is 2.14. The molecule has 0 aliphatic rings. The molecule has 1 heterocycles. The molecule has 108 valence electrons. The molecule has 0 spiro atoms. The maximum absolute atomic E-state index is 6.29. The summed E-state index contributed by atoms with van der Waals surface area (Å²) in [6.07, 6.45) is 1.01. The van der Waals surface area contributed by atoms with Gasteiger partial charge in [-0.2, -0.15) is 0 Å². The molecule has 1 aromatic heterocycles. The Bertz CT molecular complexity index is 534. The molecule has 4 heteroatoms. The lowest BCUT2D eigenvalue weighted by Gasteiger charge is -2.10. The molecule has 1 unspecified atom stereocenters. The van der Waals surface area contributed by atoms with Gasteiger partial charge in [0.1, 0.15) is 10.8 Å². The predicted molar refractivity (Wildman–Crippen MR) is 84.5 cm³/mol. The lowest BCUT2D eigenvalue weighted by atomic mass is 10.1. The molecule has 0 saturated heterocycles. The summed E-state index contributed by atoms with van der Waals surface area (Å²) in [4.78, 5) is 4.62. The van der Waals surface area contributed by atoms with E-state index < -0.39 is 0 Å². The zero-order chi connectivity index (χ0) is 14.5. The third kappa shape index (κ3) is 3.58. The van der Waals surface area contributed by atoms with Gasteiger partial charge in [-0.3, -0.25) is 0 Å². The van der Waals surface area contributed by atoms with Crippen molar-refractivity contribution in [3.05, 3.63) is 45.9 Å². The molecule has 0 aliphatic carbocycles. The Hall–Kier alpha value is -1.39. The molecule has 2 N–H and O–H groups in total. The van der Waals surface area contributed by atoms with Crippen molar-refractivity contribution >= 4 is 11.3 Å². The van der Waals surface area contributed by atoms with E-state index in [9.17, 15) is 0 Å². The molecular weight excluding hydrogens is 268 g/mol. The summed E-state index contributed by atoms with van der Waals surface area (Å²) in [5.41, 5.74) is 8.47. The van der Waals surface area contributed by atoms with Crippen molar-refractivity contribution in [1.82, 2.24) is 4.98 Å². The minimum Gasteiger partial charge on any atom is -0.494 e. The number of thiazole rings is 1. The number of aromatic nitrogens is 1. The number of nitrogens with zero attached hydrogens (tertiary/aromatic N) is 1. The first-order valence-electron chi connectivity index (χ1n) is 7.05. The minimum absolute atomic E-state index is 0.160. The third-order valence-corrected chi connectivity index (χ3v) is 4.06. The zero-order valence-corrected chi connectivity index (χ0v) is 13.1. The molecular formula is C16H22N2OS. The van der Waals surface area contributed by atoms with Crippen LogP contribution in [0, 0.1) is 0 Å². The van der Waals surface area contributed by atoms with Gasteiger partial charge in [-0.1, -0.05) is 32.9 Å². The van der Waals surface area contributed by atoms with Crippen molar-refractivity contribution in [2.45, 2.75) is 39.2 Å². The van der Waals surface area contributed by atoms with Crippen LogP contribution in [0.4, 0.5) is 0 Å². The topological polar surface area (TPSA) is 48.1 Å². The molecule has 1 aromatic carbocycles. The minimum atomic E-state index is -0.160. The first-order chi connectivity index (χ1) is 9.61. The van der Waals surface area contributed by atoms with E-state index in [-0.39, 0.29) is 6.04 Å². The normalized spacial score (nSPS) is 12.7. The number of hydrogen-bond acceptors (Lipinski definition) is 4. The number of benzene rings is 1. The molecule has 0 saturated carbocycles. The quantitative estimate of drug-likeness (QED) is 0.871. The third-order valence-electron chi connectivity index (χ3n) is 3.11. The first kappa shape index (κ1) is 15.0. The zero-order valence-electron chi connectivity index (χ0n) is 12.3. The molecule has 2 aromatic rings. The Morgan fingerprint density at radius 3 is 2.50 bits per heavy atom. The van der Waals surface area contributed by atoms with Gasteiger partial charge >= 0.3 is 0 Å². The van der Waals surface area contributed by atoms with Crippen molar-refractivity contribution in [2.24, 2.45) is 5.73 Å². The lowest BCUT2D eigenvalue weighted by molar-refractivity contribution is 0.317. The van der Waals surface area contributed by atoms with Gasteiger partial charge in [0, 0.05) is 5.38 Å². The fraction of sp³-hybridized carbons (Fsp3) is 0.438. The number of rotatable bonds is 6. The fourth-order valence-corrected chi connectivity index (χ4v) is 2.85. The summed E-state index contributed by atoms with van der Waals surface area (Å²) in [7, 11) is 0. The molecule has 0 bridgehead atoms. The van der Waals surface area contributed by atoms with E-state index in [1.807, 2.05) is 24.3 Å². The molecule has 3 nitrogen and oxygen atoms in total. The first-order valence-corrected chi connectivity index (χ1v) is 7.93. The average molecular weight is 290 g/mol. The smallest absolute Gasteiger partial charge is 0.119 e. The van der Waals surface area contributed by atoms with Crippen LogP contribution < -0.4 is 10.5 Å². The Kier molecular flexibility index (Phi) is 5.15. The highest BCUT2D eigenvalue weighted by molar-refractivity contribution is 7.09. The summed E-state index contributed by atoms with van der Waals surface area (Å²) >= 11 is 1.63. The average Bonchev–Trinajstić information content (AvgIpc) is 2.95. The Labute approximate surface area is 124 Å². The van der Waals surface area contributed by atoms with Crippen molar-refractivity contribution in [2.75, 3.05) is 6.61 Å². The van der Waals surface area contributed by atoms with E-state index in [2.05, 4.69) is 31.1 Å². The van der Waals surface area contributed by atoms with Crippen molar-refractivity contribution in [1.29, 1.82) is 0 Å². The second-order valence-electron chi connectivity index (χ2n) is 5.16. The van der Waals surface area contributed by atoms with E-state index in [4.69, 9.17) is 10.5 Å². The van der Waals surface area contributed by atoms with Gasteiger partial charge in [0.15, 0.2) is 0 Å². The number of hydrogen-bond donors (Lipinski definition) is 1. The van der Waals surface area contributed by atoms with Gasteiger partial charge < -0.3 is 10.5 Å². The molecule has 0 fully saturated rings. The predicted octanol–water partition coefficient (Wildman–Crippen LogP) is 4.10. The Morgan fingerprint density at radius 2 is 1.95 bits per heavy atom.